The highest BCUT2D eigenvalue weighted by Crippen LogP contribution is 2.12. The van der Waals surface area contributed by atoms with Crippen molar-refractivity contribution in [2.24, 2.45) is 0 Å². The second kappa shape index (κ2) is 4.06. The number of nitro groups is 1. The largest absolute Gasteiger partial charge is 0.496 e. The zero-order chi connectivity index (χ0) is 10.7. The number of hydrogen-bond acceptors (Lipinski definition) is 4. The summed E-state index contributed by atoms with van der Waals surface area (Å²) in [6, 6.07) is 0. The average molecular weight is 193 g/mol. The minimum Gasteiger partial charge on any atom is -0.423 e. The molecule has 0 heterocycles. The summed E-state index contributed by atoms with van der Waals surface area (Å²) < 4.78 is 0. The van der Waals surface area contributed by atoms with Crippen LogP contribution < -0.4 is 0 Å². The van der Waals surface area contributed by atoms with Gasteiger partial charge in [-0.1, -0.05) is 0 Å². The van der Waals surface area contributed by atoms with Crippen molar-refractivity contribution in [1.29, 1.82) is 0 Å². The highest BCUT2D eigenvalue weighted by atomic mass is 16.6. The normalized spacial score (nSPS) is 15.2. The van der Waals surface area contributed by atoms with Crippen LogP contribution >= 0.6 is 0 Å². The average Bonchev–Trinajstić information content (AvgIpc) is 2.26. The number of nitrogens with zero attached hydrogens (tertiary/aromatic N) is 1. The topological polar surface area (TPSA) is 83.6 Å². The molecule has 0 atom stereocenters. The van der Waals surface area contributed by atoms with Crippen LogP contribution in [-0.4, -0.2) is 22.1 Å². The first kappa shape index (κ1) is 10.5. The van der Waals surface area contributed by atoms with E-state index in [1.165, 1.54) is 12.2 Å². The smallest absolute Gasteiger partial charge is 0.423 e. The first-order chi connectivity index (χ1) is 6.50. The molecule has 0 amide bonds. The van der Waals surface area contributed by atoms with Gasteiger partial charge in [-0.05, 0) is 18.6 Å². The molecule has 5 nitrogen and oxygen atoms in total. The maximum absolute atomic E-state index is 10.5. The summed E-state index contributed by atoms with van der Waals surface area (Å²) in [5.74, 6) is 0. The Hall–Kier alpha value is -1.62. The molecule has 0 aromatic heterocycles. The van der Waals surface area contributed by atoms with E-state index in [-0.39, 0.29) is 11.2 Å². The predicted molar refractivity (Wildman–Crippen MR) is 50.6 cm³/mol. The highest BCUT2D eigenvalue weighted by molar-refractivity contribution is 6.51. The van der Waals surface area contributed by atoms with E-state index >= 15 is 0 Å². The van der Waals surface area contributed by atoms with Gasteiger partial charge in [-0.15, -0.1) is 5.73 Å². The van der Waals surface area contributed by atoms with Crippen LogP contribution in [0.2, 0.25) is 0 Å². The summed E-state index contributed by atoms with van der Waals surface area (Å²) in [4.78, 5) is 9.90. The molecule has 0 fully saturated rings. The van der Waals surface area contributed by atoms with Gasteiger partial charge in [0.2, 0.25) is 0 Å². The molecule has 1 aliphatic rings. The molecule has 0 saturated carbocycles. The van der Waals surface area contributed by atoms with Crippen molar-refractivity contribution in [3.63, 3.8) is 0 Å². The molecule has 0 radical (unpaired) electrons. The third-order valence-corrected chi connectivity index (χ3v) is 1.63. The van der Waals surface area contributed by atoms with Gasteiger partial charge in [-0.2, -0.15) is 0 Å². The molecule has 2 N–H and O–H groups in total. The van der Waals surface area contributed by atoms with Crippen LogP contribution in [0.1, 0.15) is 6.92 Å². The van der Waals surface area contributed by atoms with Crippen molar-refractivity contribution in [2.75, 3.05) is 0 Å². The lowest BCUT2D eigenvalue weighted by Gasteiger charge is -1.94. The van der Waals surface area contributed by atoms with Gasteiger partial charge in [0, 0.05) is 17.6 Å². The molecule has 0 aliphatic heterocycles. The van der Waals surface area contributed by atoms with E-state index in [0.717, 1.165) is 6.08 Å². The second-order valence-corrected chi connectivity index (χ2v) is 2.83. The van der Waals surface area contributed by atoms with Crippen LogP contribution in [0, 0.1) is 10.1 Å². The molecular weight excluding hydrogens is 185 g/mol. The molecular formula is C8H8BNO4. The van der Waals surface area contributed by atoms with Crippen molar-refractivity contribution >= 4 is 7.12 Å². The van der Waals surface area contributed by atoms with E-state index in [4.69, 9.17) is 10.0 Å². The minimum atomic E-state index is -1.75. The molecule has 6 heteroatoms. The number of hydrogen-bond donors (Lipinski definition) is 2. The maximum Gasteiger partial charge on any atom is 0.496 e. The molecule has 0 aromatic rings. The Morgan fingerprint density at radius 2 is 2.14 bits per heavy atom. The SMILES string of the molecule is CC1=CC([N+](=O)[O-])=CC(B(O)O)=C=C1. The summed E-state index contributed by atoms with van der Waals surface area (Å²) in [6.07, 6.45) is 3.88. The van der Waals surface area contributed by atoms with Gasteiger partial charge in [0.25, 0.3) is 5.70 Å². The lowest BCUT2D eigenvalue weighted by atomic mass is 9.79. The van der Waals surface area contributed by atoms with Crippen molar-refractivity contribution in [3.05, 3.63) is 50.8 Å². The summed E-state index contributed by atoms with van der Waals surface area (Å²) in [7, 11) is -1.75. The number of allylic oxidation sites excluding steroid dienone is 4. The molecule has 14 heavy (non-hydrogen) atoms. The Morgan fingerprint density at radius 1 is 1.50 bits per heavy atom. The van der Waals surface area contributed by atoms with E-state index < -0.39 is 12.0 Å². The van der Waals surface area contributed by atoms with E-state index in [0.29, 0.717) is 5.57 Å². The predicted octanol–water partition coefficient (Wildman–Crippen LogP) is 0.200. The van der Waals surface area contributed by atoms with Gasteiger partial charge >= 0.3 is 7.12 Å². The Balaban J connectivity index is 3.18. The summed E-state index contributed by atoms with van der Waals surface area (Å²) in [6.45, 7) is 1.66. The van der Waals surface area contributed by atoms with E-state index in [1.807, 2.05) is 0 Å². The molecule has 0 saturated heterocycles. The lowest BCUT2D eigenvalue weighted by Crippen LogP contribution is -2.14. The molecule has 0 bridgehead atoms. The summed E-state index contributed by atoms with van der Waals surface area (Å²) >= 11 is 0. The second-order valence-electron chi connectivity index (χ2n) is 2.83. The van der Waals surface area contributed by atoms with Crippen molar-refractivity contribution in [1.82, 2.24) is 0 Å². The molecule has 0 unspecified atom stereocenters. The molecule has 1 aliphatic carbocycles. The van der Waals surface area contributed by atoms with Crippen LogP contribution in [0.15, 0.2) is 40.7 Å². The van der Waals surface area contributed by atoms with E-state index in [2.05, 4.69) is 5.73 Å². The van der Waals surface area contributed by atoms with Crippen molar-refractivity contribution in [2.45, 2.75) is 6.92 Å². The van der Waals surface area contributed by atoms with Crippen LogP contribution in [-0.2, 0) is 0 Å². The third kappa shape index (κ3) is 2.43. The first-order valence-electron chi connectivity index (χ1n) is 3.88. The van der Waals surface area contributed by atoms with Gasteiger partial charge in [0.15, 0.2) is 0 Å². The number of rotatable bonds is 2. The third-order valence-electron chi connectivity index (χ3n) is 1.63. The van der Waals surface area contributed by atoms with Crippen LogP contribution in [0.3, 0.4) is 0 Å². The molecule has 1 rings (SSSR count). The Labute approximate surface area is 80.7 Å². The summed E-state index contributed by atoms with van der Waals surface area (Å²) in [5.41, 5.74) is 2.98. The zero-order valence-electron chi connectivity index (χ0n) is 7.47. The van der Waals surface area contributed by atoms with Crippen molar-refractivity contribution < 1.29 is 15.0 Å². The van der Waals surface area contributed by atoms with Gasteiger partial charge in [0.05, 0.1) is 4.92 Å². The Kier molecular flexibility index (Phi) is 3.04. The Morgan fingerprint density at radius 3 is 2.64 bits per heavy atom. The maximum atomic E-state index is 10.5. The first-order valence-corrected chi connectivity index (χ1v) is 3.88. The highest BCUT2D eigenvalue weighted by Gasteiger charge is 2.18. The standard InChI is InChI=1S/C8H8BNO4/c1-6-2-3-7(9(11)12)5-8(4-6)10(13)14/h2,4-5,11-12H,1H3. The molecule has 0 spiro atoms. The van der Waals surface area contributed by atoms with Gasteiger partial charge in [0.1, 0.15) is 0 Å². The monoisotopic (exact) mass is 193 g/mol. The summed E-state index contributed by atoms with van der Waals surface area (Å²) in [5, 5.41) is 28.2. The fourth-order valence-corrected chi connectivity index (χ4v) is 0.969. The van der Waals surface area contributed by atoms with Gasteiger partial charge in [-0.25, -0.2) is 0 Å². The lowest BCUT2D eigenvalue weighted by molar-refractivity contribution is -0.419. The zero-order valence-corrected chi connectivity index (χ0v) is 7.47. The fraction of sp³-hybridized carbons (Fsp3) is 0.125. The molecule has 0 aromatic carbocycles. The van der Waals surface area contributed by atoms with Crippen LogP contribution in [0.25, 0.3) is 0 Å². The van der Waals surface area contributed by atoms with Crippen molar-refractivity contribution in [3.8, 4) is 0 Å². The molecule has 72 valence electrons. The van der Waals surface area contributed by atoms with Crippen LogP contribution in [0.5, 0.6) is 0 Å². The van der Waals surface area contributed by atoms with Gasteiger partial charge < -0.3 is 10.0 Å². The van der Waals surface area contributed by atoms with E-state index in [1.54, 1.807) is 6.92 Å². The quantitative estimate of drug-likeness (QED) is 0.284. The minimum absolute atomic E-state index is 0.0233. The van der Waals surface area contributed by atoms with Crippen LogP contribution in [0.4, 0.5) is 0 Å². The Bertz CT molecular complexity index is 388. The van der Waals surface area contributed by atoms with Gasteiger partial charge in [-0.3, -0.25) is 10.1 Å². The fourth-order valence-electron chi connectivity index (χ4n) is 0.969. The van der Waals surface area contributed by atoms with E-state index in [9.17, 15) is 10.1 Å².